The Kier molecular flexibility index (Phi) is 5.67. The lowest BCUT2D eigenvalue weighted by atomic mass is 9.81. The normalized spacial score (nSPS) is 25.5. The Balaban J connectivity index is 2.32. The van der Waals surface area contributed by atoms with E-state index in [9.17, 15) is 4.79 Å². The summed E-state index contributed by atoms with van der Waals surface area (Å²) in [7, 11) is 0. The molecular weight excluding hydrogens is 184 g/mol. The smallest absolute Gasteiger partial charge is 0.136 e. The van der Waals surface area contributed by atoms with Crippen molar-refractivity contribution in [3.8, 4) is 0 Å². The summed E-state index contributed by atoms with van der Waals surface area (Å²) in [6.45, 7) is 4.22. The van der Waals surface area contributed by atoms with Gasteiger partial charge in [0.25, 0.3) is 0 Å². The molecule has 1 aliphatic carbocycles. The third kappa shape index (κ3) is 4.19. The summed E-state index contributed by atoms with van der Waals surface area (Å²) in [4.78, 5) is 11.6. The molecule has 0 saturated carbocycles. The maximum Gasteiger partial charge on any atom is 0.136 e. The fraction of sp³-hybridized carbons (Fsp3) is 0.786. The van der Waals surface area contributed by atoms with Gasteiger partial charge in [-0.3, -0.25) is 4.79 Å². The number of Topliss-reactive ketones (excluding diaryl/α,β-unsaturated/α-hetero) is 1. The molecule has 0 radical (unpaired) electrons. The van der Waals surface area contributed by atoms with Crippen molar-refractivity contribution in [2.75, 3.05) is 0 Å². The molecule has 1 heteroatoms. The van der Waals surface area contributed by atoms with Crippen molar-refractivity contribution in [3.63, 3.8) is 0 Å². The van der Waals surface area contributed by atoms with Crippen LogP contribution in [-0.2, 0) is 4.79 Å². The van der Waals surface area contributed by atoms with E-state index in [1.54, 1.807) is 0 Å². The maximum absolute atomic E-state index is 11.6. The molecule has 0 fully saturated rings. The van der Waals surface area contributed by atoms with E-state index < -0.39 is 0 Å². The number of unbranched alkanes of at least 4 members (excludes halogenated alkanes) is 2. The molecule has 0 amide bonds. The predicted molar refractivity (Wildman–Crippen MR) is 64.8 cm³/mol. The molecule has 0 aliphatic heterocycles. The van der Waals surface area contributed by atoms with E-state index in [0.717, 1.165) is 12.8 Å². The minimum Gasteiger partial charge on any atom is -0.299 e. The molecule has 0 aromatic carbocycles. The zero-order chi connectivity index (χ0) is 11.1. The Morgan fingerprint density at radius 3 is 2.80 bits per heavy atom. The van der Waals surface area contributed by atoms with E-state index in [0.29, 0.717) is 24.0 Å². The lowest BCUT2D eigenvalue weighted by Crippen LogP contribution is -2.19. The highest BCUT2D eigenvalue weighted by molar-refractivity contribution is 5.81. The van der Waals surface area contributed by atoms with Crippen LogP contribution in [0.2, 0.25) is 0 Å². The van der Waals surface area contributed by atoms with Crippen molar-refractivity contribution in [1.29, 1.82) is 0 Å². The van der Waals surface area contributed by atoms with Gasteiger partial charge in [0.2, 0.25) is 0 Å². The Labute approximate surface area is 93.9 Å². The second-order valence-electron chi connectivity index (χ2n) is 4.67. The Hall–Kier alpha value is -0.590. The third-order valence-corrected chi connectivity index (χ3v) is 3.40. The first-order valence-corrected chi connectivity index (χ1v) is 6.47. The lowest BCUT2D eigenvalue weighted by Gasteiger charge is -2.23. The van der Waals surface area contributed by atoms with Gasteiger partial charge in [0.15, 0.2) is 0 Å². The van der Waals surface area contributed by atoms with Gasteiger partial charge < -0.3 is 0 Å². The molecule has 2 atom stereocenters. The Morgan fingerprint density at radius 2 is 2.13 bits per heavy atom. The molecule has 0 N–H and O–H groups in total. The quantitative estimate of drug-likeness (QED) is 0.474. The Morgan fingerprint density at radius 1 is 1.33 bits per heavy atom. The van der Waals surface area contributed by atoms with Crippen LogP contribution >= 0.6 is 0 Å². The van der Waals surface area contributed by atoms with Crippen molar-refractivity contribution < 1.29 is 4.79 Å². The second-order valence-corrected chi connectivity index (χ2v) is 4.67. The fourth-order valence-electron chi connectivity index (χ4n) is 2.40. The Bertz CT molecular complexity index is 217. The minimum absolute atomic E-state index is 0.326. The van der Waals surface area contributed by atoms with Crippen LogP contribution in [0.5, 0.6) is 0 Å². The number of rotatable bonds is 6. The number of carbonyl (C=O) groups is 1. The van der Waals surface area contributed by atoms with Gasteiger partial charge in [-0.1, -0.05) is 45.3 Å². The first kappa shape index (κ1) is 12.5. The number of ketones is 1. The monoisotopic (exact) mass is 208 g/mol. The highest BCUT2D eigenvalue weighted by Gasteiger charge is 2.22. The number of carbonyl (C=O) groups excluding carboxylic acids is 1. The summed E-state index contributed by atoms with van der Waals surface area (Å²) in [6, 6.07) is 0. The van der Waals surface area contributed by atoms with Gasteiger partial charge in [-0.15, -0.1) is 0 Å². The van der Waals surface area contributed by atoms with E-state index in [1.165, 1.54) is 25.7 Å². The SMILES string of the molecule is CCCCCC1C=CCC(C(=O)CC)C1. The molecule has 2 unspecified atom stereocenters. The summed E-state index contributed by atoms with van der Waals surface area (Å²) >= 11 is 0. The van der Waals surface area contributed by atoms with Crippen LogP contribution in [0, 0.1) is 11.8 Å². The van der Waals surface area contributed by atoms with E-state index in [1.807, 2.05) is 6.92 Å². The van der Waals surface area contributed by atoms with Gasteiger partial charge in [-0.25, -0.2) is 0 Å². The van der Waals surface area contributed by atoms with Crippen molar-refractivity contribution in [1.82, 2.24) is 0 Å². The van der Waals surface area contributed by atoms with E-state index in [4.69, 9.17) is 0 Å². The molecule has 0 aromatic heterocycles. The predicted octanol–water partition coefficient (Wildman–Crippen LogP) is 4.13. The van der Waals surface area contributed by atoms with Gasteiger partial charge in [-0.05, 0) is 25.2 Å². The van der Waals surface area contributed by atoms with Crippen LogP contribution in [-0.4, -0.2) is 5.78 Å². The molecule has 0 bridgehead atoms. The van der Waals surface area contributed by atoms with Gasteiger partial charge >= 0.3 is 0 Å². The number of hydrogen-bond donors (Lipinski definition) is 0. The van der Waals surface area contributed by atoms with Crippen LogP contribution < -0.4 is 0 Å². The molecule has 0 heterocycles. The zero-order valence-electron chi connectivity index (χ0n) is 10.2. The number of hydrogen-bond acceptors (Lipinski definition) is 1. The average Bonchev–Trinajstić information content (AvgIpc) is 2.29. The van der Waals surface area contributed by atoms with Gasteiger partial charge in [0, 0.05) is 12.3 Å². The summed E-state index contributed by atoms with van der Waals surface area (Å²) in [5.74, 6) is 1.46. The zero-order valence-corrected chi connectivity index (χ0v) is 10.2. The molecule has 86 valence electrons. The minimum atomic E-state index is 0.326. The highest BCUT2D eigenvalue weighted by atomic mass is 16.1. The molecule has 0 aromatic rings. The first-order chi connectivity index (χ1) is 7.27. The van der Waals surface area contributed by atoms with E-state index in [2.05, 4.69) is 19.1 Å². The van der Waals surface area contributed by atoms with E-state index >= 15 is 0 Å². The summed E-state index contributed by atoms with van der Waals surface area (Å²) in [5.41, 5.74) is 0. The van der Waals surface area contributed by atoms with Crippen LogP contribution in [0.15, 0.2) is 12.2 Å². The summed E-state index contributed by atoms with van der Waals surface area (Å²) in [6.07, 6.45) is 12.6. The summed E-state index contributed by atoms with van der Waals surface area (Å²) < 4.78 is 0. The summed E-state index contributed by atoms with van der Waals surface area (Å²) in [5, 5.41) is 0. The van der Waals surface area contributed by atoms with Crippen molar-refractivity contribution in [3.05, 3.63) is 12.2 Å². The van der Waals surface area contributed by atoms with Crippen LogP contribution in [0.3, 0.4) is 0 Å². The van der Waals surface area contributed by atoms with Crippen LogP contribution in [0.4, 0.5) is 0 Å². The molecule has 0 spiro atoms. The molecule has 15 heavy (non-hydrogen) atoms. The fourth-order valence-corrected chi connectivity index (χ4v) is 2.40. The largest absolute Gasteiger partial charge is 0.299 e. The van der Waals surface area contributed by atoms with Gasteiger partial charge in [0.05, 0.1) is 0 Å². The lowest BCUT2D eigenvalue weighted by molar-refractivity contribution is -0.123. The van der Waals surface area contributed by atoms with Crippen LogP contribution in [0.25, 0.3) is 0 Å². The van der Waals surface area contributed by atoms with Crippen LogP contribution in [0.1, 0.15) is 58.8 Å². The maximum atomic E-state index is 11.6. The standard InChI is InChI=1S/C14H24O/c1-3-5-6-8-12-9-7-10-13(11-12)14(15)4-2/h7,9,12-13H,3-6,8,10-11H2,1-2H3. The van der Waals surface area contributed by atoms with Crippen molar-refractivity contribution in [2.24, 2.45) is 11.8 Å². The van der Waals surface area contributed by atoms with Crippen molar-refractivity contribution in [2.45, 2.75) is 58.8 Å². The van der Waals surface area contributed by atoms with Crippen molar-refractivity contribution >= 4 is 5.78 Å². The average molecular weight is 208 g/mol. The molecule has 0 saturated heterocycles. The molecule has 1 nitrogen and oxygen atoms in total. The first-order valence-electron chi connectivity index (χ1n) is 6.47. The topological polar surface area (TPSA) is 17.1 Å². The van der Waals surface area contributed by atoms with Gasteiger partial charge in [-0.2, -0.15) is 0 Å². The molecular formula is C14H24O. The van der Waals surface area contributed by atoms with E-state index in [-0.39, 0.29) is 0 Å². The third-order valence-electron chi connectivity index (χ3n) is 3.40. The highest BCUT2D eigenvalue weighted by Crippen LogP contribution is 2.28. The number of allylic oxidation sites excluding steroid dienone is 2. The second kappa shape index (κ2) is 6.81. The van der Waals surface area contributed by atoms with Gasteiger partial charge in [0.1, 0.15) is 5.78 Å². The molecule has 1 rings (SSSR count). The molecule has 1 aliphatic rings.